The molecule has 160 valence electrons. The molecule has 0 aliphatic heterocycles. The van der Waals surface area contributed by atoms with Crippen molar-refractivity contribution in [1.82, 2.24) is 10.3 Å². The number of aliphatic hydroxyl groups is 1. The SMILES string of the molecule is [B]N=C(NC(=O)OC(C)(C)C)Nc1cccc(C(N)C(O)c2nc3ccccc3o2)c1. The van der Waals surface area contributed by atoms with Gasteiger partial charge in [0.1, 0.15) is 17.2 Å². The highest BCUT2D eigenvalue weighted by molar-refractivity contribution is 6.16. The lowest BCUT2D eigenvalue weighted by Gasteiger charge is -2.21. The number of fused-ring (bicyclic) bond motifs is 1. The van der Waals surface area contributed by atoms with Gasteiger partial charge in [-0.15, -0.1) is 0 Å². The van der Waals surface area contributed by atoms with E-state index in [1.807, 2.05) is 12.1 Å². The molecule has 0 spiro atoms. The summed E-state index contributed by atoms with van der Waals surface area (Å²) in [4.78, 5) is 19.8. The van der Waals surface area contributed by atoms with Gasteiger partial charge in [0.15, 0.2) is 11.5 Å². The molecule has 2 aromatic carbocycles. The van der Waals surface area contributed by atoms with Crippen molar-refractivity contribution in [2.24, 2.45) is 10.6 Å². The van der Waals surface area contributed by atoms with Crippen molar-refractivity contribution in [2.45, 2.75) is 38.5 Å². The van der Waals surface area contributed by atoms with Gasteiger partial charge >= 0.3 is 6.09 Å². The minimum absolute atomic E-state index is 0.0144. The largest absolute Gasteiger partial charge is 0.444 e. The van der Waals surface area contributed by atoms with Gasteiger partial charge in [-0.3, -0.25) is 5.32 Å². The first-order valence-corrected chi connectivity index (χ1v) is 9.60. The second kappa shape index (κ2) is 9.19. The Morgan fingerprint density at radius 2 is 2.00 bits per heavy atom. The normalized spacial score (nSPS) is 14.2. The zero-order valence-corrected chi connectivity index (χ0v) is 17.5. The van der Waals surface area contributed by atoms with Crippen LogP contribution in [0.25, 0.3) is 11.1 Å². The molecule has 2 radical (unpaired) electrons. The molecular formula is C21H24BN5O4. The number of nitrogens with one attached hydrogen (secondary N) is 2. The monoisotopic (exact) mass is 421 g/mol. The summed E-state index contributed by atoms with van der Waals surface area (Å²) >= 11 is 0. The van der Waals surface area contributed by atoms with Gasteiger partial charge < -0.3 is 30.2 Å². The molecule has 1 amide bonds. The van der Waals surface area contributed by atoms with E-state index in [4.69, 9.17) is 22.9 Å². The van der Waals surface area contributed by atoms with Crippen molar-refractivity contribution >= 4 is 36.8 Å². The number of benzene rings is 2. The summed E-state index contributed by atoms with van der Waals surface area (Å²) in [5.74, 6) is 0.113. The Labute approximate surface area is 181 Å². The fourth-order valence-corrected chi connectivity index (χ4v) is 2.81. The lowest BCUT2D eigenvalue weighted by atomic mass is 10.0. The predicted octanol–water partition coefficient (Wildman–Crippen LogP) is 2.94. The van der Waals surface area contributed by atoms with Crippen LogP contribution in [0.1, 0.15) is 44.4 Å². The van der Waals surface area contributed by atoms with E-state index in [-0.39, 0.29) is 11.9 Å². The Hall–Kier alpha value is -3.37. The first-order chi connectivity index (χ1) is 14.7. The van der Waals surface area contributed by atoms with Crippen molar-refractivity contribution in [3.8, 4) is 0 Å². The number of nitrogens with zero attached hydrogens (tertiary/aromatic N) is 2. The second-order valence-electron chi connectivity index (χ2n) is 7.85. The highest BCUT2D eigenvalue weighted by Gasteiger charge is 2.24. The van der Waals surface area contributed by atoms with Crippen molar-refractivity contribution in [3.63, 3.8) is 0 Å². The van der Waals surface area contributed by atoms with Crippen LogP contribution in [0.2, 0.25) is 0 Å². The number of anilines is 1. The highest BCUT2D eigenvalue weighted by atomic mass is 16.6. The van der Waals surface area contributed by atoms with Gasteiger partial charge in [0.05, 0.1) is 6.04 Å². The molecule has 2 unspecified atom stereocenters. The molecule has 5 N–H and O–H groups in total. The Kier molecular flexibility index (Phi) is 6.62. The highest BCUT2D eigenvalue weighted by Crippen LogP contribution is 2.29. The molecule has 2 atom stereocenters. The molecular weight excluding hydrogens is 397 g/mol. The van der Waals surface area contributed by atoms with Crippen molar-refractivity contribution < 1.29 is 19.1 Å². The topological polar surface area (TPSA) is 135 Å². The number of oxazole rings is 1. The van der Waals surface area contributed by atoms with Gasteiger partial charge in [-0.1, -0.05) is 24.3 Å². The summed E-state index contributed by atoms with van der Waals surface area (Å²) in [6.07, 6.45) is -1.87. The number of rotatable bonds is 4. The molecule has 10 heteroatoms. The number of alkyl carbamates (subject to hydrolysis) is 1. The summed E-state index contributed by atoms with van der Waals surface area (Å²) in [6.45, 7) is 5.23. The molecule has 3 aromatic rings. The van der Waals surface area contributed by atoms with Gasteiger partial charge in [0, 0.05) is 5.69 Å². The number of carbonyl (C=O) groups is 1. The summed E-state index contributed by atoms with van der Waals surface area (Å²) in [5, 5.41) is 16.0. The zero-order valence-electron chi connectivity index (χ0n) is 17.5. The van der Waals surface area contributed by atoms with Crippen LogP contribution in [0.4, 0.5) is 10.5 Å². The molecule has 0 aliphatic carbocycles. The van der Waals surface area contributed by atoms with E-state index >= 15 is 0 Å². The minimum Gasteiger partial charge on any atom is -0.444 e. The summed E-state index contributed by atoms with van der Waals surface area (Å²) in [7, 11) is 5.36. The van der Waals surface area contributed by atoms with E-state index in [1.54, 1.807) is 57.2 Å². The number of guanidine groups is 1. The number of ether oxygens (including phenoxy) is 1. The van der Waals surface area contributed by atoms with Crippen LogP contribution >= 0.6 is 0 Å². The van der Waals surface area contributed by atoms with Crippen LogP contribution < -0.4 is 16.4 Å². The fraction of sp³-hybridized carbons (Fsp3) is 0.286. The molecule has 1 heterocycles. The summed E-state index contributed by atoms with van der Waals surface area (Å²) < 4.78 is 10.8. The molecule has 9 nitrogen and oxygen atoms in total. The van der Waals surface area contributed by atoms with Crippen LogP contribution in [0.5, 0.6) is 0 Å². The van der Waals surface area contributed by atoms with Gasteiger partial charge in [-0.25, -0.2) is 9.78 Å². The van der Waals surface area contributed by atoms with Crippen molar-refractivity contribution in [3.05, 3.63) is 60.0 Å². The molecule has 0 bridgehead atoms. The quantitative estimate of drug-likeness (QED) is 0.289. The van der Waals surface area contributed by atoms with Crippen LogP contribution in [0.15, 0.2) is 57.9 Å². The molecule has 3 rings (SSSR count). The molecule has 0 aliphatic rings. The van der Waals surface area contributed by atoms with Crippen molar-refractivity contribution in [2.75, 3.05) is 5.32 Å². The van der Waals surface area contributed by atoms with Gasteiger partial charge in [-0.2, -0.15) is 0 Å². The van der Waals surface area contributed by atoms with Crippen LogP contribution in [-0.2, 0) is 4.74 Å². The summed E-state index contributed by atoms with van der Waals surface area (Å²) in [5.41, 5.74) is 7.93. The van der Waals surface area contributed by atoms with E-state index < -0.39 is 23.8 Å². The number of amides is 1. The number of carbonyl (C=O) groups excluding carboxylic acids is 1. The lowest BCUT2D eigenvalue weighted by Crippen LogP contribution is -2.39. The van der Waals surface area contributed by atoms with E-state index in [1.165, 1.54) is 0 Å². The maximum Gasteiger partial charge on any atom is 0.414 e. The molecule has 0 saturated carbocycles. The van der Waals surface area contributed by atoms with Crippen molar-refractivity contribution in [1.29, 1.82) is 0 Å². The van der Waals surface area contributed by atoms with E-state index in [2.05, 4.69) is 20.5 Å². The Morgan fingerprint density at radius 1 is 1.26 bits per heavy atom. The van der Waals surface area contributed by atoms with Crippen LogP contribution in [0.3, 0.4) is 0 Å². The standard InChI is InChI=1S/C21H24BN5O4/c1-21(2,3)31-20(29)26-19(27-22)24-13-8-6-7-12(11-13)16(23)17(28)18-25-14-9-4-5-10-15(14)30-18/h4-11,16-17,28H,23H2,1-3H3,(H2,24,26,27,29). The third-order valence-corrected chi connectivity index (χ3v) is 4.19. The Morgan fingerprint density at radius 3 is 2.68 bits per heavy atom. The van der Waals surface area contributed by atoms with Gasteiger partial charge in [0.25, 0.3) is 7.98 Å². The molecule has 1 aromatic heterocycles. The minimum atomic E-state index is -1.16. The maximum atomic E-state index is 11.9. The zero-order chi connectivity index (χ0) is 22.6. The third kappa shape index (κ3) is 5.83. The average Bonchev–Trinajstić information content (AvgIpc) is 3.15. The van der Waals surface area contributed by atoms with Crippen LogP contribution in [-0.4, -0.2) is 35.7 Å². The maximum absolute atomic E-state index is 11.9. The number of hydrogen-bond donors (Lipinski definition) is 4. The molecule has 31 heavy (non-hydrogen) atoms. The number of para-hydroxylation sites is 2. The first-order valence-electron chi connectivity index (χ1n) is 9.60. The smallest absolute Gasteiger partial charge is 0.414 e. The predicted molar refractivity (Wildman–Crippen MR) is 119 cm³/mol. The Balaban J connectivity index is 1.71. The third-order valence-electron chi connectivity index (χ3n) is 4.19. The van der Waals surface area contributed by atoms with Crippen LogP contribution in [0, 0.1) is 0 Å². The van der Waals surface area contributed by atoms with E-state index in [9.17, 15) is 9.90 Å². The summed E-state index contributed by atoms with van der Waals surface area (Å²) in [6, 6.07) is 13.3. The average molecular weight is 421 g/mol. The number of nitrogens with two attached hydrogens (primary N) is 1. The fourth-order valence-electron chi connectivity index (χ4n) is 2.81. The van der Waals surface area contributed by atoms with E-state index in [0.29, 0.717) is 22.4 Å². The van der Waals surface area contributed by atoms with Gasteiger partial charge in [-0.05, 0) is 50.6 Å². The number of aromatic nitrogens is 1. The second-order valence-corrected chi connectivity index (χ2v) is 7.85. The Bertz CT molecular complexity index is 1060. The number of hydrogen-bond acceptors (Lipinski definition) is 7. The van der Waals surface area contributed by atoms with Gasteiger partial charge in [0.2, 0.25) is 5.89 Å². The number of aliphatic hydroxyl groups excluding tert-OH is 1. The lowest BCUT2D eigenvalue weighted by molar-refractivity contribution is 0.0563. The molecule has 0 fully saturated rings. The first kappa shape index (κ1) is 22.3. The van der Waals surface area contributed by atoms with E-state index in [0.717, 1.165) is 0 Å². The molecule has 0 saturated heterocycles.